The fourth-order valence-electron chi connectivity index (χ4n) is 1.94. The number of para-hydroxylation sites is 1. The van der Waals surface area contributed by atoms with Crippen molar-refractivity contribution in [1.82, 2.24) is 5.32 Å². The molecule has 106 valence electrons. The van der Waals surface area contributed by atoms with Crippen LogP contribution < -0.4 is 10.1 Å². The fourth-order valence-corrected chi connectivity index (χ4v) is 1.94. The molecule has 0 aromatic heterocycles. The summed E-state index contributed by atoms with van der Waals surface area (Å²) in [6.45, 7) is 8.66. The molecule has 0 saturated heterocycles. The van der Waals surface area contributed by atoms with Gasteiger partial charge in [-0.3, -0.25) is 0 Å². The molecular formula is C17H27NO. The first-order valence-electron chi connectivity index (χ1n) is 7.40. The van der Waals surface area contributed by atoms with Gasteiger partial charge in [0.25, 0.3) is 0 Å². The van der Waals surface area contributed by atoms with Gasteiger partial charge in [-0.2, -0.15) is 0 Å². The molecule has 1 rings (SSSR count). The zero-order chi connectivity index (χ0) is 13.8. The van der Waals surface area contributed by atoms with E-state index in [1.807, 2.05) is 12.1 Å². The third-order valence-electron chi connectivity index (χ3n) is 3.02. The molecule has 1 N–H and O–H groups in total. The average molecular weight is 261 g/mol. The summed E-state index contributed by atoms with van der Waals surface area (Å²) in [5.41, 5.74) is 1.25. The van der Waals surface area contributed by atoms with Crippen LogP contribution in [0.5, 0.6) is 5.75 Å². The van der Waals surface area contributed by atoms with Crippen LogP contribution in [0.4, 0.5) is 0 Å². The molecule has 0 saturated carbocycles. The molecule has 19 heavy (non-hydrogen) atoms. The quantitative estimate of drug-likeness (QED) is 0.473. The van der Waals surface area contributed by atoms with Crippen molar-refractivity contribution >= 4 is 0 Å². The molecule has 0 aliphatic rings. The summed E-state index contributed by atoms with van der Waals surface area (Å²) in [5.74, 6) is 1.02. The van der Waals surface area contributed by atoms with Gasteiger partial charge in [0.05, 0.1) is 6.61 Å². The summed E-state index contributed by atoms with van der Waals surface area (Å²) in [6, 6.07) is 8.30. The average Bonchev–Trinajstić information content (AvgIpc) is 2.44. The third-order valence-corrected chi connectivity index (χ3v) is 3.02. The van der Waals surface area contributed by atoms with Crippen molar-refractivity contribution in [3.05, 3.63) is 42.5 Å². The highest BCUT2D eigenvalue weighted by molar-refractivity contribution is 5.33. The summed E-state index contributed by atoms with van der Waals surface area (Å²) in [7, 11) is 0. The Morgan fingerprint density at radius 3 is 2.84 bits per heavy atom. The molecular weight excluding hydrogens is 234 g/mol. The highest BCUT2D eigenvalue weighted by atomic mass is 16.5. The van der Waals surface area contributed by atoms with Crippen LogP contribution in [0.2, 0.25) is 0 Å². The molecule has 2 heteroatoms. The molecule has 0 radical (unpaired) electrons. The number of benzene rings is 1. The number of hydrogen-bond donors (Lipinski definition) is 1. The number of allylic oxidation sites excluding steroid dienone is 1. The van der Waals surface area contributed by atoms with Crippen LogP contribution in [0.15, 0.2) is 36.9 Å². The second-order valence-corrected chi connectivity index (χ2v) is 4.77. The summed E-state index contributed by atoms with van der Waals surface area (Å²) >= 11 is 0. The monoisotopic (exact) mass is 261 g/mol. The lowest BCUT2D eigenvalue weighted by atomic mass is 10.2. The normalized spacial score (nSPS) is 10.4. The van der Waals surface area contributed by atoms with E-state index in [0.717, 1.165) is 44.7 Å². The van der Waals surface area contributed by atoms with Crippen LogP contribution >= 0.6 is 0 Å². The molecule has 0 bridgehead atoms. The van der Waals surface area contributed by atoms with Gasteiger partial charge in [-0.05, 0) is 44.7 Å². The predicted molar refractivity (Wildman–Crippen MR) is 82.6 cm³/mol. The number of unbranched alkanes of at least 4 members (excludes halogenated alkanes) is 3. The van der Waals surface area contributed by atoms with E-state index in [1.54, 1.807) is 0 Å². The second kappa shape index (κ2) is 10.6. The highest BCUT2D eigenvalue weighted by Crippen LogP contribution is 2.18. The summed E-state index contributed by atoms with van der Waals surface area (Å²) in [4.78, 5) is 0. The van der Waals surface area contributed by atoms with Gasteiger partial charge in [0.1, 0.15) is 5.75 Å². The minimum atomic E-state index is 0.807. The van der Waals surface area contributed by atoms with Crippen molar-refractivity contribution in [2.45, 2.75) is 45.6 Å². The molecule has 0 aliphatic heterocycles. The molecule has 0 unspecified atom stereocenters. The maximum Gasteiger partial charge on any atom is 0.123 e. The zero-order valence-corrected chi connectivity index (χ0v) is 12.2. The Bertz CT molecular complexity index is 349. The summed E-state index contributed by atoms with van der Waals surface area (Å²) in [6.07, 6.45) is 7.79. The Balaban J connectivity index is 2.29. The maximum absolute atomic E-state index is 5.88. The molecule has 0 heterocycles. The van der Waals surface area contributed by atoms with Gasteiger partial charge >= 0.3 is 0 Å². The van der Waals surface area contributed by atoms with E-state index < -0.39 is 0 Å². The number of nitrogens with one attached hydrogen (secondary N) is 1. The third kappa shape index (κ3) is 7.02. The van der Waals surface area contributed by atoms with Crippen LogP contribution in [0.1, 0.15) is 44.6 Å². The van der Waals surface area contributed by atoms with Gasteiger partial charge in [0.2, 0.25) is 0 Å². The lowest BCUT2D eigenvalue weighted by Gasteiger charge is -2.11. The molecule has 0 aliphatic carbocycles. The van der Waals surface area contributed by atoms with E-state index in [4.69, 9.17) is 4.74 Å². The van der Waals surface area contributed by atoms with Crippen LogP contribution in [-0.4, -0.2) is 13.2 Å². The maximum atomic E-state index is 5.88. The predicted octanol–water partition coefficient (Wildman–Crippen LogP) is 4.31. The lowest BCUT2D eigenvalue weighted by molar-refractivity contribution is 0.302. The first kappa shape index (κ1) is 15.8. The minimum absolute atomic E-state index is 0.807. The first-order valence-corrected chi connectivity index (χ1v) is 7.40. The van der Waals surface area contributed by atoms with Crippen LogP contribution in [-0.2, 0) is 6.54 Å². The van der Waals surface area contributed by atoms with Gasteiger partial charge < -0.3 is 10.1 Å². The highest BCUT2D eigenvalue weighted by Gasteiger charge is 2.01. The minimum Gasteiger partial charge on any atom is -0.493 e. The van der Waals surface area contributed by atoms with Crippen LogP contribution in [0, 0.1) is 0 Å². The van der Waals surface area contributed by atoms with Gasteiger partial charge in [-0.25, -0.2) is 0 Å². The number of ether oxygens (including phenoxy) is 1. The largest absolute Gasteiger partial charge is 0.493 e. The van der Waals surface area contributed by atoms with E-state index in [0.29, 0.717) is 0 Å². The van der Waals surface area contributed by atoms with Gasteiger partial charge in [0, 0.05) is 12.1 Å². The van der Waals surface area contributed by atoms with Gasteiger partial charge in [0.15, 0.2) is 0 Å². The van der Waals surface area contributed by atoms with Crippen LogP contribution in [0.25, 0.3) is 0 Å². The Hall–Kier alpha value is -1.28. The standard InChI is InChI=1S/C17H27NO/c1-3-5-6-7-10-14-19-17-12-9-8-11-16(17)15-18-13-4-2/h3,8-9,11-12,18H,1,4-7,10,13-15H2,2H3. The van der Waals surface area contributed by atoms with Crippen molar-refractivity contribution in [3.63, 3.8) is 0 Å². The van der Waals surface area contributed by atoms with Crippen molar-refractivity contribution in [1.29, 1.82) is 0 Å². The topological polar surface area (TPSA) is 21.3 Å². The molecule has 0 fully saturated rings. The van der Waals surface area contributed by atoms with Crippen LogP contribution in [0.3, 0.4) is 0 Å². The van der Waals surface area contributed by atoms with E-state index in [2.05, 4.69) is 37.0 Å². The van der Waals surface area contributed by atoms with Crippen molar-refractivity contribution in [2.24, 2.45) is 0 Å². The second-order valence-electron chi connectivity index (χ2n) is 4.77. The summed E-state index contributed by atoms with van der Waals surface area (Å²) < 4.78 is 5.88. The van der Waals surface area contributed by atoms with Gasteiger partial charge in [-0.15, -0.1) is 6.58 Å². The summed E-state index contributed by atoms with van der Waals surface area (Å²) in [5, 5.41) is 3.42. The molecule has 0 spiro atoms. The smallest absolute Gasteiger partial charge is 0.123 e. The lowest BCUT2D eigenvalue weighted by Crippen LogP contribution is -2.14. The molecule has 1 aromatic rings. The SMILES string of the molecule is C=CCCCCCOc1ccccc1CNCCC. The van der Waals surface area contributed by atoms with Crippen molar-refractivity contribution in [2.75, 3.05) is 13.2 Å². The van der Waals surface area contributed by atoms with Crippen molar-refractivity contribution < 1.29 is 4.74 Å². The molecule has 0 atom stereocenters. The zero-order valence-electron chi connectivity index (χ0n) is 12.2. The molecule has 1 aromatic carbocycles. The van der Waals surface area contributed by atoms with E-state index in [9.17, 15) is 0 Å². The fraction of sp³-hybridized carbons (Fsp3) is 0.529. The number of rotatable bonds is 11. The number of hydrogen-bond acceptors (Lipinski definition) is 2. The Kier molecular flexibility index (Phi) is 8.82. The van der Waals surface area contributed by atoms with E-state index >= 15 is 0 Å². The Morgan fingerprint density at radius 1 is 1.21 bits per heavy atom. The van der Waals surface area contributed by atoms with E-state index in [1.165, 1.54) is 18.4 Å². The molecule has 2 nitrogen and oxygen atoms in total. The van der Waals surface area contributed by atoms with Crippen molar-refractivity contribution in [3.8, 4) is 5.75 Å². The molecule has 0 amide bonds. The Labute approximate surface area is 117 Å². The van der Waals surface area contributed by atoms with E-state index in [-0.39, 0.29) is 0 Å². The Morgan fingerprint density at radius 2 is 2.05 bits per heavy atom. The van der Waals surface area contributed by atoms with Gasteiger partial charge in [-0.1, -0.05) is 31.2 Å². The first-order chi connectivity index (χ1) is 9.38.